The van der Waals surface area contributed by atoms with E-state index >= 15 is 0 Å². The monoisotopic (exact) mass is 293 g/mol. The molecule has 0 aliphatic rings. The Morgan fingerprint density at radius 3 is 2.40 bits per heavy atom. The lowest BCUT2D eigenvalue weighted by atomic mass is 10.2. The minimum Gasteiger partial charge on any atom is -0.493 e. The second-order valence-electron chi connectivity index (χ2n) is 3.97. The van der Waals surface area contributed by atoms with E-state index in [0.29, 0.717) is 23.1 Å². The highest BCUT2D eigenvalue weighted by molar-refractivity contribution is 6.17. The van der Waals surface area contributed by atoms with Gasteiger partial charge in [0.15, 0.2) is 11.5 Å². The van der Waals surface area contributed by atoms with Gasteiger partial charge in [-0.2, -0.15) is 0 Å². The molecule has 0 bridgehead atoms. The molecule has 0 N–H and O–H groups in total. The van der Waals surface area contributed by atoms with Crippen molar-refractivity contribution in [2.75, 3.05) is 7.11 Å². The van der Waals surface area contributed by atoms with E-state index in [1.165, 1.54) is 25.3 Å². The van der Waals surface area contributed by atoms with E-state index < -0.39 is 4.92 Å². The fraction of sp³-hybridized carbons (Fsp3) is 0.143. The topological polar surface area (TPSA) is 61.6 Å². The number of alkyl halides is 1. The third-order valence-electron chi connectivity index (χ3n) is 2.66. The maximum absolute atomic E-state index is 10.7. The molecular weight excluding hydrogens is 282 g/mol. The molecule has 6 heteroatoms. The van der Waals surface area contributed by atoms with Crippen LogP contribution in [0.25, 0.3) is 0 Å². The maximum atomic E-state index is 10.7. The molecule has 0 unspecified atom stereocenters. The highest BCUT2D eigenvalue weighted by Gasteiger charge is 2.12. The molecule has 2 aromatic rings. The Labute approximate surface area is 120 Å². The van der Waals surface area contributed by atoms with Crippen LogP contribution in [0, 0.1) is 10.1 Å². The lowest BCUT2D eigenvalue weighted by Gasteiger charge is -2.10. The Hall–Kier alpha value is -2.27. The van der Waals surface area contributed by atoms with Crippen molar-refractivity contribution >= 4 is 17.3 Å². The number of nitrogens with zero attached hydrogens (tertiary/aromatic N) is 1. The van der Waals surface area contributed by atoms with Gasteiger partial charge in [-0.05, 0) is 23.8 Å². The summed E-state index contributed by atoms with van der Waals surface area (Å²) >= 11 is 5.71. The minimum atomic E-state index is -0.485. The molecule has 104 valence electrons. The Bertz CT molecular complexity index is 613. The number of hydrogen-bond acceptors (Lipinski definition) is 4. The fourth-order valence-corrected chi connectivity index (χ4v) is 1.81. The van der Waals surface area contributed by atoms with Gasteiger partial charge in [0.05, 0.1) is 18.1 Å². The average molecular weight is 294 g/mol. The van der Waals surface area contributed by atoms with E-state index in [1.54, 1.807) is 12.1 Å². The summed E-state index contributed by atoms with van der Waals surface area (Å²) in [5, 5.41) is 10.7. The Balaban J connectivity index is 2.25. The van der Waals surface area contributed by atoms with Crippen molar-refractivity contribution in [3.63, 3.8) is 0 Å². The van der Waals surface area contributed by atoms with Crippen molar-refractivity contribution in [2.45, 2.75) is 5.88 Å². The Kier molecular flexibility index (Phi) is 4.42. The molecule has 0 amide bonds. The lowest BCUT2D eigenvalue weighted by Crippen LogP contribution is -1.93. The van der Waals surface area contributed by atoms with Gasteiger partial charge in [-0.3, -0.25) is 10.1 Å². The van der Waals surface area contributed by atoms with Crippen LogP contribution in [0.2, 0.25) is 0 Å². The van der Waals surface area contributed by atoms with Gasteiger partial charge >= 0.3 is 0 Å². The summed E-state index contributed by atoms with van der Waals surface area (Å²) in [4.78, 5) is 10.2. The van der Waals surface area contributed by atoms with Crippen molar-refractivity contribution in [3.8, 4) is 17.2 Å². The van der Waals surface area contributed by atoms with Gasteiger partial charge < -0.3 is 9.47 Å². The summed E-state index contributed by atoms with van der Waals surface area (Å²) in [5.74, 6) is 1.75. The number of nitro benzene ring substituents is 1. The summed E-state index contributed by atoms with van der Waals surface area (Å²) in [7, 11) is 1.43. The maximum Gasteiger partial charge on any atom is 0.273 e. The van der Waals surface area contributed by atoms with Crippen molar-refractivity contribution < 1.29 is 14.4 Å². The Morgan fingerprint density at radius 1 is 1.15 bits per heavy atom. The van der Waals surface area contributed by atoms with Gasteiger partial charge in [0.25, 0.3) is 5.69 Å². The summed E-state index contributed by atoms with van der Waals surface area (Å²) in [6.07, 6.45) is 0. The van der Waals surface area contributed by atoms with Crippen LogP contribution in [0.5, 0.6) is 17.2 Å². The van der Waals surface area contributed by atoms with Crippen molar-refractivity contribution in [3.05, 3.63) is 58.1 Å². The SMILES string of the molecule is COc1cc([N+](=O)[O-])ccc1Oc1ccc(CCl)cc1. The molecule has 0 heterocycles. The van der Waals surface area contributed by atoms with Gasteiger partial charge in [0.2, 0.25) is 0 Å². The van der Waals surface area contributed by atoms with E-state index in [4.69, 9.17) is 21.1 Å². The molecule has 0 spiro atoms. The molecule has 2 aromatic carbocycles. The zero-order valence-corrected chi connectivity index (χ0v) is 11.5. The normalized spacial score (nSPS) is 10.1. The third-order valence-corrected chi connectivity index (χ3v) is 2.97. The van der Waals surface area contributed by atoms with Crippen molar-refractivity contribution in [1.82, 2.24) is 0 Å². The molecule has 5 nitrogen and oxygen atoms in total. The fourth-order valence-electron chi connectivity index (χ4n) is 1.63. The number of hydrogen-bond donors (Lipinski definition) is 0. The molecular formula is C14H12ClNO4. The van der Waals surface area contributed by atoms with Crippen LogP contribution in [-0.4, -0.2) is 12.0 Å². The second-order valence-corrected chi connectivity index (χ2v) is 4.24. The van der Waals surface area contributed by atoms with E-state index in [9.17, 15) is 10.1 Å². The van der Waals surface area contributed by atoms with Crippen LogP contribution in [0.15, 0.2) is 42.5 Å². The van der Waals surface area contributed by atoms with Gasteiger partial charge in [0, 0.05) is 11.9 Å². The number of non-ortho nitro benzene ring substituents is 1. The molecule has 0 saturated carbocycles. The zero-order chi connectivity index (χ0) is 14.5. The smallest absolute Gasteiger partial charge is 0.273 e. The second kappa shape index (κ2) is 6.25. The van der Waals surface area contributed by atoms with Crippen LogP contribution < -0.4 is 9.47 Å². The number of halogens is 1. The van der Waals surface area contributed by atoms with Crippen LogP contribution in [0.4, 0.5) is 5.69 Å². The quantitative estimate of drug-likeness (QED) is 0.472. The zero-order valence-electron chi connectivity index (χ0n) is 10.7. The van der Waals surface area contributed by atoms with Gasteiger partial charge in [0.1, 0.15) is 5.75 Å². The summed E-state index contributed by atoms with van der Waals surface area (Å²) in [6, 6.07) is 11.4. The number of ether oxygens (including phenoxy) is 2. The first kappa shape index (κ1) is 14.1. The lowest BCUT2D eigenvalue weighted by molar-refractivity contribution is -0.384. The number of methoxy groups -OCH3 is 1. The van der Waals surface area contributed by atoms with E-state index in [0.717, 1.165) is 5.56 Å². The van der Waals surface area contributed by atoms with Gasteiger partial charge in [-0.25, -0.2) is 0 Å². The van der Waals surface area contributed by atoms with E-state index in [1.807, 2.05) is 12.1 Å². The van der Waals surface area contributed by atoms with Gasteiger partial charge in [-0.15, -0.1) is 11.6 Å². The third kappa shape index (κ3) is 3.19. The van der Waals surface area contributed by atoms with E-state index in [2.05, 4.69) is 0 Å². The van der Waals surface area contributed by atoms with Crippen LogP contribution in [0.1, 0.15) is 5.56 Å². The molecule has 0 atom stereocenters. The van der Waals surface area contributed by atoms with E-state index in [-0.39, 0.29) is 5.69 Å². The minimum absolute atomic E-state index is 0.0494. The summed E-state index contributed by atoms with van der Waals surface area (Å²) < 4.78 is 10.7. The molecule has 0 aliphatic carbocycles. The predicted octanol–water partition coefficient (Wildman–Crippen LogP) is 4.13. The molecule has 0 saturated heterocycles. The number of benzene rings is 2. The predicted molar refractivity (Wildman–Crippen MR) is 75.7 cm³/mol. The summed E-state index contributed by atoms with van der Waals surface area (Å²) in [6.45, 7) is 0. The Morgan fingerprint density at radius 2 is 1.85 bits per heavy atom. The van der Waals surface area contributed by atoms with Crippen molar-refractivity contribution in [2.24, 2.45) is 0 Å². The van der Waals surface area contributed by atoms with Gasteiger partial charge in [-0.1, -0.05) is 12.1 Å². The molecule has 0 aromatic heterocycles. The molecule has 20 heavy (non-hydrogen) atoms. The van der Waals surface area contributed by atoms with Crippen LogP contribution >= 0.6 is 11.6 Å². The highest BCUT2D eigenvalue weighted by atomic mass is 35.5. The first-order valence-electron chi connectivity index (χ1n) is 5.79. The first-order valence-corrected chi connectivity index (χ1v) is 6.32. The van der Waals surface area contributed by atoms with Crippen LogP contribution in [0.3, 0.4) is 0 Å². The largest absolute Gasteiger partial charge is 0.493 e. The van der Waals surface area contributed by atoms with Crippen molar-refractivity contribution in [1.29, 1.82) is 0 Å². The average Bonchev–Trinajstić information content (AvgIpc) is 2.48. The highest BCUT2D eigenvalue weighted by Crippen LogP contribution is 2.34. The number of nitro groups is 1. The number of rotatable bonds is 5. The first-order chi connectivity index (χ1) is 9.63. The molecule has 0 fully saturated rings. The molecule has 2 rings (SSSR count). The molecule has 0 aliphatic heterocycles. The summed E-state index contributed by atoms with van der Waals surface area (Å²) in [5.41, 5.74) is 0.932. The standard InChI is InChI=1S/C14H12ClNO4/c1-19-14-8-11(16(17)18)4-7-13(14)20-12-5-2-10(9-15)3-6-12/h2-8H,9H2,1H3. The molecule has 0 radical (unpaired) electrons. The van der Waals surface area contributed by atoms with Crippen LogP contribution in [-0.2, 0) is 5.88 Å².